The van der Waals surface area contributed by atoms with Gasteiger partial charge in [0, 0.05) is 17.3 Å². The predicted octanol–water partition coefficient (Wildman–Crippen LogP) is 5.57. The molecule has 0 bridgehead atoms. The van der Waals surface area contributed by atoms with Crippen LogP contribution in [0, 0.1) is 0 Å². The fraction of sp³-hybridized carbons (Fsp3) is 0.0714. The maximum Gasteiger partial charge on any atom is 0.0994 e. The highest BCUT2D eigenvalue weighted by molar-refractivity contribution is 7.20. The minimum Gasteiger partial charge on any atom is -0.241 e. The molecule has 0 saturated carbocycles. The number of halogens is 3. The van der Waals surface area contributed by atoms with Gasteiger partial charge in [-0.2, -0.15) is 5.10 Å². The Morgan fingerprint density at radius 1 is 1.15 bits per heavy atom. The minimum absolute atomic E-state index is 0.358. The molecule has 0 fully saturated rings. The summed E-state index contributed by atoms with van der Waals surface area (Å²) < 4.78 is 3.03. The van der Waals surface area contributed by atoms with E-state index in [1.165, 1.54) is 11.3 Å². The molecule has 0 N–H and O–H groups in total. The van der Waals surface area contributed by atoms with Crippen LogP contribution in [0.1, 0.15) is 16.5 Å². The number of aromatic nitrogens is 2. The van der Waals surface area contributed by atoms with Gasteiger partial charge in [-0.25, -0.2) is 4.68 Å². The van der Waals surface area contributed by atoms with Gasteiger partial charge in [0.25, 0.3) is 0 Å². The summed E-state index contributed by atoms with van der Waals surface area (Å²) in [5, 5.41) is 3.97. The van der Waals surface area contributed by atoms with Crippen molar-refractivity contribution in [3.63, 3.8) is 0 Å². The predicted molar refractivity (Wildman–Crippen MR) is 85.6 cm³/mol. The van der Waals surface area contributed by atoms with Gasteiger partial charge in [-0.15, -0.1) is 22.9 Å². The number of benzene rings is 1. The monoisotopic (exact) mass is 342 g/mol. The van der Waals surface area contributed by atoms with Crippen LogP contribution in [0.5, 0.6) is 0 Å². The van der Waals surface area contributed by atoms with Crippen LogP contribution >= 0.6 is 46.1 Å². The summed E-state index contributed by atoms with van der Waals surface area (Å²) in [7, 11) is 0. The van der Waals surface area contributed by atoms with E-state index in [0.29, 0.717) is 8.67 Å². The number of hydrogen-bond acceptors (Lipinski definition) is 2. The topological polar surface area (TPSA) is 17.8 Å². The van der Waals surface area contributed by atoms with Gasteiger partial charge in [0.2, 0.25) is 0 Å². The van der Waals surface area contributed by atoms with Crippen molar-refractivity contribution in [1.82, 2.24) is 9.78 Å². The fourth-order valence-electron chi connectivity index (χ4n) is 1.89. The molecule has 3 aromatic rings. The normalized spacial score (nSPS) is 12.6. The molecular weight excluding hydrogens is 335 g/mol. The van der Waals surface area contributed by atoms with Crippen molar-refractivity contribution in [3.05, 3.63) is 68.6 Å². The van der Waals surface area contributed by atoms with Crippen molar-refractivity contribution >= 4 is 46.1 Å². The number of para-hydroxylation sites is 1. The molecular formula is C14H9Cl3N2S. The molecule has 2 nitrogen and oxygen atoms in total. The van der Waals surface area contributed by atoms with Crippen molar-refractivity contribution in [1.29, 1.82) is 0 Å². The van der Waals surface area contributed by atoms with E-state index in [9.17, 15) is 0 Å². The third kappa shape index (κ3) is 2.72. The van der Waals surface area contributed by atoms with Gasteiger partial charge < -0.3 is 0 Å². The second-order valence-corrected chi connectivity index (χ2v) is 6.92. The summed E-state index contributed by atoms with van der Waals surface area (Å²) in [6, 6.07) is 11.6. The molecule has 0 radical (unpaired) electrons. The zero-order chi connectivity index (χ0) is 14.1. The Labute approximate surface area is 135 Å². The standard InChI is InChI=1S/C14H9Cl3N2S/c15-12-6-11(14(17)20-12)13(16)9-7-18-19(8-9)10-4-2-1-3-5-10/h1-8,13H. The quantitative estimate of drug-likeness (QED) is 0.568. The van der Waals surface area contributed by atoms with Gasteiger partial charge >= 0.3 is 0 Å². The molecule has 0 aliphatic heterocycles. The fourth-order valence-corrected chi connectivity index (χ4v) is 3.83. The first-order valence-corrected chi connectivity index (χ1v) is 7.85. The van der Waals surface area contributed by atoms with Gasteiger partial charge in [-0.3, -0.25) is 0 Å². The molecule has 2 aromatic heterocycles. The lowest BCUT2D eigenvalue weighted by Gasteiger charge is -2.05. The van der Waals surface area contributed by atoms with Crippen LogP contribution in [0.4, 0.5) is 0 Å². The zero-order valence-electron chi connectivity index (χ0n) is 10.1. The molecule has 1 aromatic carbocycles. The number of hydrogen-bond donors (Lipinski definition) is 0. The molecule has 6 heteroatoms. The average Bonchev–Trinajstić information content (AvgIpc) is 3.06. The maximum atomic E-state index is 6.46. The highest BCUT2D eigenvalue weighted by Gasteiger charge is 2.19. The molecule has 3 rings (SSSR count). The first-order valence-electron chi connectivity index (χ1n) is 5.84. The lowest BCUT2D eigenvalue weighted by molar-refractivity contribution is 0.880. The summed E-state index contributed by atoms with van der Waals surface area (Å²) in [4.78, 5) is 0. The van der Waals surface area contributed by atoms with E-state index in [-0.39, 0.29) is 5.38 Å². The Bertz CT molecular complexity index is 721. The third-order valence-electron chi connectivity index (χ3n) is 2.87. The van der Waals surface area contributed by atoms with E-state index in [2.05, 4.69) is 5.10 Å². The molecule has 1 unspecified atom stereocenters. The second kappa shape index (κ2) is 5.78. The Hall–Kier alpha value is -1.000. The molecule has 0 aliphatic rings. The van der Waals surface area contributed by atoms with Crippen molar-refractivity contribution in [2.75, 3.05) is 0 Å². The van der Waals surface area contributed by atoms with Crippen LogP contribution in [0.3, 0.4) is 0 Å². The van der Waals surface area contributed by atoms with Crippen molar-refractivity contribution in [2.45, 2.75) is 5.38 Å². The molecule has 1 atom stereocenters. The summed E-state index contributed by atoms with van der Waals surface area (Å²) >= 11 is 19.9. The van der Waals surface area contributed by atoms with Gasteiger partial charge in [0.15, 0.2) is 0 Å². The minimum atomic E-state index is -0.358. The van der Waals surface area contributed by atoms with Gasteiger partial charge in [-0.1, -0.05) is 41.4 Å². The van der Waals surface area contributed by atoms with Gasteiger partial charge in [0.1, 0.15) is 0 Å². The SMILES string of the molecule is Clc1cc(C(Cl)c2cnn(-c3ccccc3)c2)c(Cl)s1. The summed E-state index contributed by atoms with van der Waals surface area (Å²) in [6.07, 6.45) is 3.64. The molecule has 102 valence electrons. The van der Waals surface area contributed by atoms with Crippen molar-refractivity contribution in [3.8, 4) is 5.69 Å². The van der Waals surface area contributed by atoms with Crippen LogP contribution in [-0.2, 0) is 0 Å². The van der Waals surface area contributed by atoms with Gasteiger partial charge in [-0.05, 0) is 18.2 Å². The van der Waals surface area contributed by atoms with E-state index in [1.807, 2.05) is 36.5 Å². The number of rotatable bonds is 3. The third-order valence-corrected chi connectivity index (χ3v) is 4.88. The maximum absolute atomic E-state index is 6.46. The van der Waals surface area contributed by atoms with E-state index in [1.54, 1.807) is 16.9 Å². The zero-order valence-corrected chi connectivity index (χ0v) is 13.2. The van der Waals surface area contributed by atoms with Crippen LogP contribution in [0.15, 0.2) is 48.8 Å². The summed E-state index contributed by atoms with van der Waals surface area (Å²) in [6.45, 7) is 0. The molecule has 0 spiro atoms. The highest BCUT2D eigenvalue weighted by Crippen LogP contribution is 2.40. The molecule has 0 saturated heterocycles. The summed E-state index contributed by atoms with van der Waals surface area (Å²) in [5.41, 5.74) is 2.68. The largest absolute Gasteiger partial charge is 0.241 e. The smallest absolute Gasteiger partial charge is 0.0994 e. The van der Waals surface area contributed by atoms with Crippen molar-refractivity contribution in [2.24, 2.45) is 0 Å². The second-order valence-electron chi connectivity index (χ2n) is 4.20. The van der Waals surface area contributed by atoms with E-state index >= 15 is 0 Å². The molecule has 2 heterocycles. The van der Waals surface area contributed by atoms with Crippen LogP contribution in [0.25, 0.3) is 5.69 Å². The summed E-state index contributed by atoms with van der Waals surface area (Å²) in [5.74, 6) is 0. The molecule has 0 aliphatic carbocycles. The number of alkyl halides is 1. The number of thiophene rings is 1. The molecule has 0 amide bonds. The van der Waals surface area contributed by atoms with E-state index < -0.39 is 0 Å². The Balaban J connectivity index is 1.92. The first kappa shape index (κ1) is 14.0. The van der Waals surface area contributed by atoms with Crippen LogP contribution in [-0.4, -0.2) is 9.78 Å². The lowest BCUT2D eigenvalue weighted by atomic mass is 10.1. The van der Waals surface area contributed by atoms with E-state index in [4.69, 9.17) is 34.8 Å². The van der Waals surface area contributed by atoms with Crippen LogP contribution < -0.4 is 0 Å². The average molecular weight is 344 g/mol. The van der Waals surface area contributed by atoms with Crippen LogP contribution in [0.2, 0.25) is 8.67 Å². The highest BCUT2D eigenvalue weighted by atomic mass is 35.5. The van der Waals surface area contributed by atoms with Gasteiger partial charge in [0.05, 0.1) is 25.9 Å². The Kier molecular flexibility index (Phi) is 4.03. The Morgan fingerprint density at radius 3 is 2.55 bits per heavy atom. The molecule has 20 heavy (non-hydrogen) atoms. The first-order chi connectivity index (χ1) is 9.65. The Morgan fingerprint density at radius 2 is 1.90 bits per heavy atom. The van der Waals surface area contributed by atoms with E-state index in [0.717, 1.165) is 16.8 Å². The number of nitrogens with zero attached hydrogens (tertiary/aromatic N) is 2. The lowest BCUT2D eigenvalue weighted by Crippen LogP contribution is -1.93. The van der Waals surface area contributed by atoms with Crippen molar-refractivity contribution < 1.29 is 0 Å².